The van der Waals surface area contributed by atoms with Gasteiger partial charge in [0.2, 0.25) is 0 Å². The zero-order valence-electron chi connectivity index (χ0n) is 18.7. The van der Waals surface area contributed by atoms with Crippen LogP contribution in [-0.2, 0) is 17.7 Å². The van der Waals surface area contributed by atoms with Crippen LogP contribution >= 0.6 is 11.3 Å². The predicted octanol–water partition coefficient (Wildman–Crippen LogP) is 5.03. The second kappa shape index (κ2) is 9.51. The van der Waals surface area contributed by atoms with Gasteiger partial charge in [0.25, 0.3) is 5.91 Å². The quantitative estimate of drug-likeness (QED) is 0.655. The second-order valence-corrected chi connectivity index (χ2v) is 9.70. The third kappa shape index (κ3) is 6.55. The van der Waals surface area contributed by atoms with Gasteiger partial charge in [-0.15, -0.1) is 0 Å². The molecule has 0 aliphatic carbocycles. The highest BCUT2D eigenvalue weighted by molar-refractivity contribution is 7.15. The normalized spacial score (nSPS) is 13.3. The molecule has 1 aliphatic rings. The lowest BCUT2D eigenvalue weighted by atomic mass is 10.2. The van der Waals surface area contributed by atoms with Crippen LogP contribution in [0.2, 0.25) is 0 Å². The molecule has 1 N–H and O–H groups in total. The van der Waals surface area contributed by atoms with Crippen LogP contribution in [0.15, 0.2) is 35.9 Å². The Morgan fingerprint density at radius 3 is 2.58 bits per heavy atom. The molecule has 31 heavy (non-hydrogen) atoms. The van der Waals surface area contributed by atoms with Crippen LogP contribution in [0.25, 0.3) is 0 Å². The van der Waals surface area contributed by atoms with Crippen LogP contribution < -0.4 is 10.1 Å². The number of ether oxygens (including phenoxy) is 2. The third-order valence-electron chi connectivity index (χ3n) is 4.46. The molecule has 2 amide bonds. The molecule has 0 saturated carbocycles. The molecule has 8 heteroatoms. The second-order valence-electron chi connectivity index (χ2n) is 8.61. The Balaban J connectivity index is 1.59. The van der Waals surface area contributed by atoms with Gasteiger partial charge in [0.05, 0.1) is 12.2 Å². The molecule has 0 fully saturated rings. The zero-order chi connectivity index (χ0) is 22.6. The average molecular weight is 444 g/mol. The maximum absolute atomic E-state index is 12.6. The van der Waals surface area contributed by atoms with Gasteiger partial charge in [-0.3, -0.25) is 10.1 Å². The molecule has 0 radical (unpaired) electrons. The van der Waals surface area contributed by atoms with Crippen molar-refractivity contribution in [1.29, 1.82) is 0 Å². The number of fused-ring (bicyclic) bond motifs is 1. The lowest BCUT2D eigenvalue weighted by molar-refractivity contribution is 0.0225. The van der Waals surface area contributed by atoms with Crippen LogP contribution in [0.4, 0.5) is 9.93 Å². The van der Waals surface area contributed by atoms with Gasteiger partial charge in [-0.2, -0.15) is 0 Å². The van der Waals surface area contributed by atoms with Crippen molar-refractivity contribution in [2.24, 2.45) is 0 Å². The topological polar surface area (TPSA) is 80.8 Å². The molecular formula is C23H29N3O4S. The molecule has 2 aromatic rings. The first-order chi connectivity index (χ1) is 14.6. The van der Waals surface area contributed by atoms with E-state index in [0.29, 0.717) is 42.6 Å². The number of nitrogens with zero attached hydrogens (tertiary/aromatic N) is 2. The molecule has 0 atom stereocenters. The van der Waals surface area contributed by atoms with E-state index in [4.69, 9.17) is 9.47 Å². The van der Waals surface area contributed by atoms with Crippen molar-refractivity contribution < 1.29 is 19.1 Å². The van der Waals surface area contributed by atoms with Crippen molar-refractivity contribution in [3.05, 3.63) is 52.0 Å². The lowest BCUT2D eigenvalue weighted by Gasteiger charge is -2.29. The molecule has 166 valence electrons. The van der Waals surface area contributed by atoms with Gasteiger partial charge in [0.1, 0.15) is 18.0 Å². The highest BCUT2D eigenvalue weighted by Gasteiger charge is 2.28. The molecule has 0 unspecified atom stereocenters. The first-order valence-electron chi connectivity index (χ1n) is 10.2. The number of rotatable bonds is 5. The van der Waals surface area contributed by atoms with E-state index < -0.39 is 5.60 Å². The fourth-order valence-corrected chi connectivity index (χ4v) is 3.93. The number of hydrogen-bond acceptors (Lipinski definition) is 6. The molecule has 1 aromatic carbocycles. The number of anilines is 1. The van der Waals surface area contributed by atoms with Gasteiger partial charge in [0, 0.05) is 23.4 Å². The SMILES string of the molecule is CC(C)=CCOc1ccc(C(=O)Nc2nc3c(s2)CN(C(=O)OC(C)(C)C)CC3)cc1. The summed E-state index contributed by atoms with van der Waals surface area (Å²) in [6.45, 7) is 11.1. The van der Waals surface area contributed by atoms with E-state index in [0.717, 1.165) is 10.6 Å². The van der Waals surface area contributed by atoms with Crippen molar-refractivity contribution >= 4 is 28.5 Å². The standard InChI is InChI=1S/C23H29N3O4S/c1-15(2)11-13-29-17-8-6-16(7-9-17)20(27)25-21-24-18-10-12-26(14-19(18)31-21)22(28)30-23(3,4)5/h6-9,11H,10,12-14H2,1-5H3,(H,24,25,27). The van der Waals surface area contributed by atoms with Gasteiger partial charge >= 0.3 is 6.09 Å². The average Bonchev–Trinajstić information content (AvgIpc) is 3.08. The van der Waals surface area contributed by atoms with E-state index in [-0.39, 0.29) is 12.0 Å². The third-order valence-corrected chi connectivity index (χ3v) is 5.46. The Labute approximate surface area is 187 Å². The monoisotopic (exact) mass is 443 g/mol. The van der Waals surface area contributed by atoms with Crippen LogP contribution in [-0.4, -0.2) is 40.6 Å². The van der Waals surface area contributed by atoms with E-state index in [1.54, 1.807) is 29.2 Å². The Morgan fingerprint density at radius 1 is 1.23 bits per heavy atom. The molecule has 2 heterocycles. The highest BCUT2D eigenvalue weighted by atomic mass is 32.1. The van der Waals surface area contributed by atoms with Crippen molar-refractivity contribution in [3.63, 3.8) is 0 Å². The summed E-state index contributed by atoms with van der Waals surface area (Å²) >= 11 is 1.39. The molecule has 7 nitrogen and oxygen atoms in total. The summed E-state index contributed by atoms with van der Waals surface area (Å²) in [5.41, 5.74) is 2.11. The maximum atomic E-state index is 12.6. The van der Waals surface area contributed by atoms with Crippen LogP contribution in [0.3, 0.4) is 0 Å². The summed E-state index contributed by atoms with van der Waals surface area (Å²) in [6, 6.07) is 7.01. The van der Waals surface area contributed by atoms with Gasteiger partial charge in [-0.1, -0.05) is 16.9 Å². The number of hydrogen-bond donors (Lipinski definition) is 1. The first-order valence-corrected chi connectivity index (χ1v) is 11.1. The number of amides is 2. The lowest BCUT2D eigenvalue weighted by Crippen LogP contribution is -2.39. The molecule has 1 aliphatic heterocycles. The summed E-state index contributed by atoms with van der Waals surface area (Å²) in [6.07, 6.45) is 2.30. The Kier molecular flexibility index (Phi) is 7.00. The van der Waals surface area contributed by atoms with E-state index >= 15 is 0 Å². The minimum absolute atomic E-state index is 0.231. The molecule has 0 spiro atoms. The fourth-order valence-electron chi connectivity index (χ4n) is 2.91. The number of carbonyl (C=O) groups is 2. The van der Waals surface area contributed by atoms with Crippen LogP contribution in [0, 0.1) is 0 Å². The van der Waals surface area contributed by atoms with E-state index in [9.17, 15) is 9.59 Å². The van der Waals surface area contributed by atoms with Crippen molar-refractivity contribution in [3.8, 4) is 5.75 Å². The van der Waals surface area contributed by atoms with Gasteiger partial charge in [-0.25, -0.2) is 9.78 Å². The van der Waals surface area contributed by atoms with Crippen LogP contribution in [0.5, 0.6) is 5.75 Å². The summed E-state index contributed by atoms with van der Waals surface area (Å²) in [5.74, 6) is 0.479. The van der Waals surface area contributed by atoms with Gasteiger partial charge in [0.15, 0.2) is 5.13 Å². The predicted molar refractivity (Wildman–Crippen MR) is 122 cm³/mol. The molecule has 1 aromatic heterocycles. The molecule has 3 rings (SSSR count). The number of allylic oxidation sites excluding steroid dienone is 1. The van der Waals surface area contributed by atoms with Crippen LogP contribution in [0.1, 0.15) is 55.5 Å². The minimum atomic E-state index is -0.531. The fraction of sp³-hybridized carbons (Fsp3) is 0.435. The van der Waals surface area contributed by atoms with E-state index in [1.807, 2.05) is 40.7 Å². The van der Waals surface area contributed by atoms with Gasteiger partial charge < -0.3 is 14.4 Å². The zero-order valence-corrected chi connectivity index (χ0v) is 19.5. The Bertz CT molecular complexity index is 970. The largest absolute Gasteiger partial charge is 0.490 e. The number of thiazole rings is 1. The van der Waals surface area contributed by atoms with Crippen molar-refractivity contribution in [2.45, 2.75) is 53.2 Å². The smallest absolute Gasteiger partial charge is 0.410 e. The number of benzene rings is 1. The summed E-state index contributed by atoms with van der Waals surface area (Å²) in [5, 5.41) is 3.39. The summed E-state index contributed by atoms with van der Waals surface area (Å²) in [7, 11) is 0. The van der Waals surface area contributed by atoms with Crippen molar-refractivity contribution in [1.82, 2.24) is 9.88 Å². The maximum Gasteiger partial charge on any atom is 0.410 e. The number of carbonyl (C=O) groups excluding carboxylic acids is 2. The first kappa shape index (κ1) is 22.8. The number of aromatic nitrogens is 1. The highest BCUT2D eigenvalue weighted by Crippen LogP contribution is 2.29. The van der Waals surface area contributed by atoms with Gasteiger partial charge in [-0.05, 0) is 65.0 Å². The van der Waals surface area contributed by atoms with E-state index in [2.05, 4.69) is 10.3 Å². The summed E-state index contributed by atoms with van der Waals surface area (Å²) in [4.78, 5) is 32.1. The van der Waals surface area contributed by atoms with Crippen molar-refractivity contribution in [2.75, 3.05) is 18.5 Å². The Hall–Kier alpha value is -2.87. The van der Waals surface area contributed by atoms with E-state index in [1.165, 1.54) is 16.9 Å². The molecule has 0 saturated heterocycles. The summed E-state index contributed by atoms with van der Waals surface area (Å²) < 4.78 is 11.1. The molecular weight excluding hydrogens is 414 g/mol. The minimum Gasteiger partial charge on any atom is -0.490 e. The Morgan fingerprint density at radius 2 is 1.94 bits per heavy atom. The molecule has 0 bridgehead atoms. The number of nitrogens with one attached hydrogen (secondary N) is 1.